The van der Waals surface area contributed by atoms with Crippen molar-refractivity contribution in [2.45, 2.75) is 6.42 Å². The Balaban J connectivity index is 2.97. The van der Waals surface area contributed by atoms with E-state index in [0.29, 0.717) is 0 Å². The first-order chi connectivity index (χ1) is 3.77. The van der Waals surface area contributed by atoms with Crippen LogP contribution in [0, 0.1) is 11.3 Å². The number of nitriles is 1. The van der Waals surface area contributed by atoms with Gasteiger partial charge in [-0.1, -0.05) is 0 Å². The van der Waals surface area contributed by atoms with Gasteiger partial charge >= 0.3 is 0 Å². The topological polar surface area (TPSA) is 73.1 Å². The molecule has 8 heavy (non-hydrogen) atoms. The average molecular weight is 134 g/mol. The van der Waals surface area contributed by atoms with Crippen molar-refractivity contribution in [3.63, 3.8) is 0 Å². The van der Waals surface area contributed by atoms with Crippen LogP contribution in [0.5, 0.6) is 0 Å². The average Bonchev–Trinajstić information content (AvgIpc) is 1.66. The maximum atomic E-state index is 9.76. The van der Waals surface area contributed by atoms with Gasteiger partial charge in [0.2, 0.25) is 11.3 Å². The molecule has 0 bridgehead atoms. The summed E-state index contributed by atoms with van der Waals surface area (Å²) in [7, 11) is 0. The zero-order valence-corrected chi connectivity index (χ0v) is 4.94. The Labute approximate surface area is 49.9 Å². The van der Waals surface area contributed by atoms with Crippen LogP contribution >= 0.6 is 0 Å². The minimum Gasteiger partial charge on any atom is -0.294 e. The van der Waals surface area contributed by atoms with E-state index in [1.54, 1.807) is 0 Å². The fourth-order valence-electron chi connectivity index (χ4n) is 0.194. The lowest BCUT2D eigenvalue weighted by atomic mass is 10.5. The van der Waals surface area contributed by atoms with Gasteiger partial charge in [-0.3, -0.25) is 4.55 Å². The van der Waals surface area contributed by atoms with Crippen molar-refractivity contribution in [3.05, 3.63) is 0 Å². The fraction of sp³-hybridized carbons (Fsp3) is 0.667. The summed E-state index contributed by atoms with van der Waals surface area (Å²) < 4.78 is 19.9. The minimum atomic E-state index is -1.97. The molecule has 0 aromatic heterocycles. The van der Waals surface area contributed by atoms with Crippen molar-refractivity contribution >= 4 is 11.3 Å². The molecule has 1 atom stereocenters. The molecule has 0 heterocycles. The second-order valence-electron chi connectivity index (χ2n) is 1.05. The molecular formula is C3H6N2O2S. The van der Waals surface area contributed by atoms with E-state index >= 15 is 0 Å². The van der Waals surface area contributed by atoms with E-state index in [2.05, 4.69) is 4.72 Å². The summed E-state index contributed by atoms with van der Waals surface area (Å²) in [6.07, 6.45) is 0.256. The number of hydrogen-bond acceptors (Lipinski definition) is 2. The first-order valence-corrected chi connectivity index (χ1v) is 3.09. The van der Waals surface area contributed by atoms with E-state index < -0.39 is 11.3 Å². The first kappa shape index (κ1) is 7.56. The van der Waals surface area contributed by atoms with E-state index in [1.807, 2.05) is 6.07 Å². The van der Waals surface area contributed by atoms with Gasteiger partial charge in [0.05, 0.1) is 6.07 Å². The zero-order chi connectivity index (χ0) is 6.41. The summed E-state index contributed by atoms with van der Waals surface area (Å²) in [5, 5.41) is 7.91. The molecule has 0 amide bonds. The lowest BCUT2D eigenvalue weighted by molar-refractivity contribution is 0.550. The van der Waals surface area contributed by atoms with Gasteiger partial charge in [-0.2, -0.15) is 5.26 Å². The fourth-order valence-corrected chi connectivity index (χ4v) is 0.471. The maximum absolute atomic E-state index is 9.76. The minimum absolute atomic E-state index is 0.256. The van der Waals surface area contributed by atoms with Crippen LogP contribution in [0.15, 0.2) is 0 Å². The van der Waals surface area contributed by atoms with E-state index in [-0.39, 0.29) is 13.0 Å². The second kappa shape index (κ2) is 4.71. The monoisotopic (exact) mass is 134 g/mol. The van der Waals surface area contributed by atoms with Crippen molar-refractivity contribution in [3.8, 4) is 6.07 Å². The first-order valence-electron chi connectivity index (χ1n) is 1.98. The third-order valence-corrected chi connectivity index (χ3v) is 0.913. The third kappa shape index (κ3) is 5.56. The molecule has 2 N–H and O–H groups in total. The number of nitrogens with zero attached hydrogens (tertiary/aromatic N) is 1. The van der Waals surface area contributed by atoms with Crippen LogP contribution in [0.4, 0.5) is 0 Å². The van der Waals surface area contributed by atoms with Crippen molar-refractivity contribution in [1.29, 1.82) is 5.26 Å². The van der Waals surface area contributed by atoms with Gasteiger partial charge in [0.1, 0.15) is 0 Å². The predicted octanol–water partition coefficient (Wildman–Crippen LogP) is -0.374. The molecule has 0 aliphatic rings. The largest absolute Gasteiger partial charge is 0.294 e. The highest BCUT2D eigenvalue weighted by atomic mass is 32.2. The molecular weight excluding hydrogens is 128 g/mol. The Morgan fingerprint density at radius 3 is 2.88 bits per heavy atom. The van der Waals surface area contributed by atoms with Crippen LogP contribution < -0.4 is 4.72 Å². The van der Waals surface area contributed by atoms with Gasteiger partial charge in [0.15, 0.2) is 0 Å². The SMILES string of the molecule is N#CCCNS(=O)O. The predicted molar refractivity (Wildman–Crippen MR) is 29.0 cm³/mol. The summed E-state index contributed by atoms with van der Waals surface area (Å²) in [6.45, 7) is 0.264. The van der Waals surface area contributed by atoms with Crippen LogP contribution in [0.1, 0.15) is 6.42 Å². The summed E-state index contributed by atoms with van der Waals surface area (Å²) in [5.41, 5.74) is 0. The molecule has 0 radical (unpaired) electrons. The normalized spacial score (nSPS) is 12.5. The second-order valence-corrected chi connectivity index (χ2v) is 1.84. The van der Waals surface area contributed by atoms with Crippen molar-refractivity contribution in [1.82, 2.24) is 4.72 Å². The quantitative estimate of drug-likeness (QED) is 0.408. The van der Waals surface area contributed by atoms with E-state index in [0.717, 1.165) is 0 Å². The Morgan fingerprint density at radius 1 is 1.88 bits per heavy atom. The number of nitrogens with one attached hydrogen (secondary N) is 1. The van der Waals surface area contributed by atoms with Gasteiger partial charge in [-0.05, 0) is 0 Å². The molecule has 4 nitrogen and oxygen atoms in total. The molecule has 0 rings (SSSR count). The highest BCUT2D eigenvalue weighted by molar-refractivity contribution is 7.77. The van der Waals surface area contributed by atoms with Gasteiger partial charge in [0.25, 0.3) is 0 Å². The highest BCUT2D eigenvalue weighted by Crippen LogP contribution is 1.69. The molecule has 0 spiro atoms. The number of rotatable bonds is 3. The van der Waals surface area contributed by atoms with Gasteiger partial charge in [0, 0.05) is 13.0 Å². The van der Waals surface area contributed by atoms with Crippen molar-refractivity contribution < 1.29 is 8.76 Å². The van der Waals surface area contributed by atoms with Gasteiger partial charge in [-0.15, -0.1) is 0 Å². The summed E-state index contributed by atoms with van der Waals surface area (Å²) in [4.78, 5) is 0. The Kier molecular flexibility index (Phi) is 4.45. The molecule has 0 fully saturated rings. The molecule has 5 heteroatoms. The van der Waals surface area contributed by atoms with Crippen molar-refractivity contribution in [2.75, 3.05) is 6.54 Å². The lowest BCUT2D eigenvalue weighted by Crippen LogP contribution is -2.16. The van der Waals surface area contributed by atoms with Crippen LogP contribution in [0.2, 0.25) is 0 Å². The van der Waals surface area contributed by atoms with Crippen LogP contribution in [0.25, 0.3) is 0 Å². The summed E-state index contributed by atoms with van der Waals surface area (Å²) in [5.74, 6) is 0. The van der Waals surface area contributed by atoms with Crippen LogP contribution in [-0.2, 0) is 11.3 Å². The Hall–Kier alpha value is -0.440. The molecule has 46 valence electrons. The standard InChI is InChI=1S/C3H6N2O2S/c4-2-1-3-5-8(6)7/h5H,1,3H2,(H,6,7). The van der Waals surface area contributed by atoms with Crippen LogP contribution in [0.3, 0.4) is 0 Å². The summed E-state index contributed by atoms with van der Waals surface area (Å²) >= 11 is -1.97. The maximum Gasteiger partial charge on any atom is 0.231 e. The summed E-state index contributed by atoms with van der Waals surface area (Å²) in [6, 6.07) is 1.82. The zero-order valence-electron chi connectivity index (χ0n) is 4.13. The van der Waals surface area contributed by atoms with Gasteiger partial charge in [-0.25, -0.2) is 8.93 Å². The molecule has 0 aromatic rings. The Morgan fingerprint density at radius 2 is 2.50 bits per heavy atom. The smallest absolute Gasteiger partial charge is 0.231 e. The third-order valence-electron chi connectivity index (χ3n) is 0.462. The molecule has 0 aromatic carbocycles. The van der Waals surface area contributed by atoms with Crippen LogP contribution in [-0.4, -0.2) is 15.3 Å². The molecule has 0 aliphatic carbocycles. The van der Waals surface area contributed by atoms with E-state index in [4.69, 9.17) is 9.81 Å². The number of hydrogen-bond donors (Lipinski definition) is 2. The molecule has 0 saturated heterocycles. The van der Waals surface area contributed by atoms with Crippen molar-refractivity contribution in [2.24, 2.45) is 0 Å². The van der Waals surface area contributed by atoms with Gasteiger partial charge < -0.3 is 0 Å². The Bertz CT molecular complexity index is 119. The molecule has 0 aliphatic heterocycles. The van der Waals surface area contributed by atoms with E-state index in [9.17, 15) is 4.21 Å². The highest BCUT2D eigenvalue weighted by Gasteiger charge is 1.87. The molecule has 0 saturated carbocycles. The molecule has 1 unspecified atom stereocenters. The van der Waals surface area contributed by atoms with E-state index in [1.165, 1.54) is 0 Å². The lowest BCUT2D eigenvalue weighted by Gasteiger charge is -1.89.